The fourth-order valence-corrected chi connectivity index (χ4v) is 3.08. The van der Waals surface area contributed by atoms with E-state index in [2.05, 4.69) is 27.8 Å². The van der Waals surface area contributed by atoms with Gasteiger partial charge in [-0.05, 0) is 18.9 Å². The molecule has 0 radical (unpaired) electrons. The molecule has 0 N–H and O–H groups in total. The van der Waals surface area contributed by atoms with Gasteiger partial charge >= 0.3 is 0 Å². The van der Waals surface area contributed by atoms with Crippen LogP contribution in [0, 0.1) is 6.92 Å². The number of nitrogens with zero attached hydrogens (tertiary/aromatic N) is 4. The highest BCUT2D eigenvalue weighted by Crippen LogP contribution is 2.21. The normalized spacial score (nSPS) is 24.5. The van der Waals surface area contributed by atoms with Crippen LogP contribution in [0.15, 0.2) is 12.4 Å². The summed E-state index contributed by atoms with van der Waals surface area (Å²) in [4.78, 5) is 16.3. The quantitative estimate of drug-likeness (QED) is 0.819. The highest BCUT2D eigenvalue weighted by Gasteiger charge is 2.25. The summed E-state index contributed by atoms with van der Waals surface area (Å²) in [5.74, 6) is 0.228. The average molecular weight is 292 g/mol. The van der Waals surface area contributed by atoms with Crippen molar-refractivity contribution in [3.05, 3.63) is 18.0 Å². The summed E-state index contributed by atoms with van der Waals surface area (Å²) >= 11 is 0. The van der Waals surface area contributed by atoms with E-state index in [4.69, 9.17) is 4.74 Å². The SMILES string of the molecule is Cc1cnn(C2CCN(CCN3CCOCCC3=O)C2)c1. The number of ether oxygens (including phenoxy) is 1. The molecule has 1 aromatic heterocycles. The maximum absolute atomic E-state index is 11.9. The Balaban J connectivity index is 1.47. The van der Waals surface area contributed by atoms with Crippen molar-refractivity contribution >= 4 is 5.91 Å². The van der Waals surface area contributed by atoms with Gasteiger partial charge in [0.2, 0.25) is 5.91 Å². The van der Waals surface area contributed by atoms with Crippen molar-refractivity contribution in [3.8, 4) is 0 Å². The maximum atomic E-state index is 11.9. The first kappa shape index (κ1) is 14.5. The molecule has 6 nitrogen and oxygen atoms in total. The maximum Gasteiger partial charge on any atom is 0.225 e. The first-order valence-electron chi connectivity index (χ1n) is 7.81. The van der Waals surface area contributed by atoms with E-state index in [0.29, 0.717) is 25.7 Å². The van der Waals surface area contributed by atoms with E-state index >= 15 is 0 Å². The fourth-order valence-electron chi connectivity index (χ4n) is 3.08. The number of rotatable bonds is 4. The molecule has 1 atom stereocenters. The van der Waals surface area contributed by atoms with Crippen LogP contribution in [0.25, 0.3) is 0 Å². The van der Waals surface area contributed by atoms with Gasteiger partial charge in [0.1, 0.15) is 0 Å². The van der Waals surface area contributed by atoms with Gasteiger partial charge in [-0.15, -0.1) is 0 Å². The van der Waals surface area contributed by atoms with Crippen molar-refractivity contribution in [2.45, 2.75) is 25.8 Å². The van der Waals surface area contributed by atoms with E-state index in [1.54, 1.807) is 0 Å². The number of aryl methyl sites for hydroxylation is 1. The van der Waals surface area contributed by atoms with E-state index in [1.165, 1.54) is 5.56 Å². The van der Waals surface area contributed by atoms with Crippen molar-refractivity contribution in [1.29, 1.82) is 0 Å². The third-order valence-corrected chi connectivity index (χ3v) is 4.36. The molecular formula is C15H24N4O2. The molecule has 0 saturated carbocycles. The molecule has 116 valence electrons. The first-order valence-corrected chi connectivity index (χ1v) is 7.81. The van der Waals surface area contributed by atoms with E-state index in [1.807, 2.05) is 11.1 Å². The molecule has 3 rings (SSSR count). The molecule has 2 fully saturated rings. The number of hydrogen-bond donors (Lipinski definition) is 0. The second-order valence-corrected chi connectivity index (χ2v) is 5.98. The van der Waals surface area contributed by atoms with Crippen LogP contribution in [0.5, 0.6) is 0 Å². The zero-order chi connectivity index (χ0) is 14.7. The van der Waals surface area contributed by atoms with Crippen LogP contribution in [0.3, 0.4) is 0 Å². The lowest BCUT2D eigenvalue weighted by Crippen LogP contribution is -2.38. The van der Waals surface area contributed by atoms with Gasteiger partial charge in [-0.3, -0.25) is 14.4 Å². The standard InChI is InChI=1S/C15H24N4O2/c1-13-10-16-19(11-13)14-2-4-17(12-14)5-6-18-7-9-21-8-3-15(18)20/h10-11,14H,2-9,12H2,1H3. The average Bonchev–Trinajstić information content (AvgIpc) is 3.05. The van der Waals surface area contributed by atoms with Gasteiger partial charge < -0.3 is 9.64 Å². The Morgan fingerprint density at radius 3 is 3.05 bits per heavy atom. The van der Waals surface area contributed by atoms with Crippen LogP contribution in [-0.2, 0) is 9.53 Å². The van der Waals surface area contributed by atoms with Crippen molar-refractivity contribution < 1.29 is 9.53 Å². The molecule has 21 heavy (non-hydrogen) atoms. The first-order chi connectivity index (χ1) is 10.2. The second kappa shape index (κ2) is 6.58. The molecule has 1 aromatic rings. The lowest BCUT2D eigenvalue weighted by molar-refractivity contribution is -0.130. The summed E-state index contributed by atoms with van der Waals surface area (Å²) in [6.07, 6.45) is 5.69. The van der Waals surface area contributed by atoms with Gasteiger partial charge in [-0.2, -0.15) is 5.10 Å². The van der Waals surface area contributed by atoms with Crippen LogP contribution in [0.2, 0.25) is 0 Å². The number of carbonyl (C=O) groups is 1. The molecule has 3 heterocycles. The number of hydrogen-bond acceptors (Lipinski definition) is 4. The lowest BCUT2D eigenvalue weighted by Gasteiger charge is -2.23. The molecular weight excluding hydrogens is 268 g/mol. The van der Waals surface area contributed by atoms with Gasteiger partial charge in [-0.1, -0.05) is 0 Å². The molecule has 0 aliphatic carbocycles. The molecule has 2 saturated heterocycles. The number of aromatic nitrogens is 2. The number of likely N-dealkylation sites (tertiary alicyclic amines) is 1. The smallest absolute Gasteiger partial charge is 0.225 e. The molecule has 0 aromatic carbocycles. The van der Waals surface area contributed by atoms with E-state index < -0.39 is 0 Å². The summed E-state index contributed by atoms with van der Waals surface area (Å²) in [5, 5.41) is 4.42. The molecule has 2 aliphatic heterocycles. The number of amides is 1. The highest BCUT2D eigenvalue weighted by atomic mass is 16.5. The Kier molecular flexibility index (Phi) is 4.55. The Morgan fingerprint density at radius 1 is 1.33 bits per heavy atom. The third-order valence-electron chi connectivity index (χ3n) is 4.36. The van der Waals surface area contributed by atoms with Gasteiger partial charge in [-0.25, -0.2) is 0 Å². The van der Waals surface area contributed by atoms with Gasteiger partial charge in [0.05, 0.1) is 31.9 Å². The fraction of sp³-hybridized carbons (Fsp3) is 0.733. The molecule has 6 heteroatoms. The summed E-state index contributed by atoms with van der Waals surface area (Å²) < 4.78 is 7.44. The minimum absolute atomic E-state index is 0.228. The van der Waals surface area contributed by atoms with Crippen molar-refractivity contribution in [2.75, 3.05) is 45.9 Å². The predicted molar refractivity (Wildman–Crippen MR) is 79.1 cm³/mol. The molecule has 2 aliphatic rings. The monoisotopic (exact) mass is 292 g/mol. The Hall–Kier alpha value is -1.40. The van der Waals surface area contributed by atoms with Crippen LogP contribution in [-0.4, -0.2) is 71.4 Å². The molecule has 1 unspecified atom stereocenters. The third kappa shape index (κ3) is 3.63. The van der Waals surface area contributed by atoms with Crippen LogP contribution in [0.1, 0.15) is 24.4 Å². The van der Waals surface area contributed by atoms with Crippen molar-refractivity contribution in [1.82, 2.24) is 19.6 Å². The Labute approximate surface area is 125 Å². The van der Waals surface area contributed by atoms with Gasteiger partial charge in [0.25, 0.3) is 0 Å². The summed E-state index contributed by atoms with van der Waals surface area (Å²) in [5.41, 5.74) is 1.21. The van der Waals surface area contributed by atoms with Crippen LogP contribution < -0.4 is 0 Å². The van der Waals surface area contributed by atoms with E-state index in [9.17, 15) is 4.79 Å². The lowest BCUT2D eigenvalue weighted by atomic mass is 10.3. The minimum Gasteiger partial charge on any atom is -0.379 e. The zero-order valence-corrected chi connectivity index (χ0v) is 12.7. The molecule has 1 amide bonds. The topological polar surface area (TPSA) is 50.6 Å². The number of carbonyl (C=O) groups excluding carboxylic acids is 1. The van der Waals surface area contributed by atoms with Crippen molar-refractivity contribution in [3.63, 3.8) is 0 Å². The molecule has 0 bridgehead atoms. The minimum atomic E-state index is 0.228. The second-order valence-electron chi connectivity index (χ2n) is 5.98. The Bertz CT molecular complexity index is 488. The predicted octanol–water partition coefficient (Wildman–Crippen LogP) is 0.687. The summed E-state index contributed by atoms with van der Waals surface area (Å²) in [6, 6.07) is 0.474. The largest absolute Gasteiger partial charge is 0.379 e. The Morgan fingerprint density at radius 2 is 2.24 bits per heavy atom. The molecule has 0 spiro atoms. The van der Waals surface area contributed by atoms with E-state index in [0.717, 1.165) is 39.1 Å². The summed E-state index contributed by atoms with van der Waals surface area (Å²) in [7, 11) is 0. The van der Waals surface area contributed by atoms with Gasteiger partial charge in [0.15, 0.2) is 0 Å². The zero-order valence-electron chi connectivity index (χ0n) is 12.7. The van der Waals surface area contributed by atoms with Crippen LogP contribution >= 0.6 is 0 Å². The highest BCUT2D eigenvalue weighted by molar-refractivity contribution is 5.76. The van der Waals surface area contributed by atoms with Crippen molar-refractivity contribution in [2.24, 2.45) is 0 Å². The summed E-state index contributed by atoms with van der Waals surface area (Å²) in [6.45, 7) is 7.91. The van der Waals surface area contributed by atoms with E-state index in [-0.39, 0.29) is 5.91 Å². The van der Waals surface area contributed by atoms with Crippen LogP contribution in [0.4, 0.5) is 0 Å². The van der Waals surface area contributed by atoms with Gasteiger partial charge in [0, 0.05) is 38.9 Å².